The highest BCUT2D eigenvalue weighted by molar-refractivity contribution is 5.98. The first kappa shape index (κ1) is 32.2. The van der Waals surface area contributed by atoms with Crippen molar-refractivity contribution in [1.82, 2.24) is 10.3 Å². The van der Waals surface area contributed by atoms with Gasteiger partial charge in [0, 0.05) is 11.1 Å². The van der Waals surface area contributed by atoms with E-state index in [2.05, 4.69) is 59.0 Å². The van der Waals surface area contributed by atoms with E-state index in [1.54, 1.807) is 6.07 Å². The van der Waals surface area contributed by atoms with Crippen molar-refractivity contribution in [2.75, 3.05) is 0 Å². The molecule has 0 saturated heterocycles. The van der Waals surface area contributed by atoms with E-state index in [9.17, 15) is 14.7 Å². The molecule has 1 aliphatic carbocycles. The number of rotatable bonds is 9. The lowest BCUT2D eigenvalue weighted by atomic mass is 9.86. The SMILES string of the molecule is CC(C)(C)c1ccc(Oc2ccc3cc(C(=O)NC(CC(=O)O)c4ccc(C(C)(C)C)cc4)nc(CC4CCCC4)c3c2)cc1. The Labute approximate surface area is 267 Å². The summed E-state index contributed by atoms with van der Waals surface area (Å²) in [6, 6.07) is 23.1. The number of aromatic nitrogens is 1. The molecule has 0 aliphatic heterocycles. The molecule has 6 heteroatoms. The van der Waals surface area contributed by atoms with Gasteiger partial charge in [0.25, 0.3) is 5.91 Å². The Morgan fingerprint density at radius 3 is 2.00 bits per heavy atom. The van der Waals surface area contributed by atoms with Gasteiger partial charge in [-0.3, -0.25) is 9.59 Å². The predicted octanol–water partition coefficient (Wildman–Crippen LogP) is 9.30. The van der Waals surface area contributed by atoms with Crippen molar-refractivity contribution < 1.29 is 19.4 Å². The number of nitrogens with zero attached hydrogens (tertiary/aromatic N) is 1. The van der Waals surface area contributed by atoms with Crippen LogP contribution in [0.3, 0.4) is 0 Å². The van der Waals surface area contributed by atoms with E-state index in [0.717, 1.165) is 58.4 Å². The molecule has 0 radical (unpaired) electrons. The summed E-state index contributed by atoms with van der Waals surface area (Å²) in [5, 5.41) is 14.5. The fourth-order valence-electron chi connectivity index (χ4n) is 6.15. The molecule has 1 atom stereocenters. The zero-order valence-electron chi connectivity index (χ0n) is 27.4. The minimum atomic E-state index is -0.978. The number of carbonyl (C=O) groups is 2. The lowest BCUT2D eigenvalue weighted by Crippen LogP contribution is -2.31. The number of pyridine rings is 1. The minimum Gasteiger partial charge on any atom is -0.481 e. The fourth-order valence-corrected chi connectivity index (χ4v) is 6.15. The van der Waals surface area contributed by atoms with E-state index in [1.165, 1.54) is 18.4 Å². The van der Waals surface area contributed by atoms with Crippen molar-refractivity contribution in [2.45, 2.75) is 96.9 Å². The first-order valence-electron chi connectivity index (χ1n) is 16.1. The number of hydrogen-bond donors (Lipinski definition) is 2. The molecule has 1 aliphatic rings. The second-order valence-electron chi connectivity index (χ2n) is 14.6. The van der Waals surface area contributed by atoms with Crippen LogP contribution in [0.1, 0.15) is 113 Å². The van der Waals surface area contributed by atoms with Gasteiger partial charge in [-0.1, -0.05) is 110 Å². The van der Waals surface area contributed by atoms with Crippen molar-refractivity contribution in [2.24, 2.45) is 5.92 Å². The number of hydrogen-bond acceptors (Lipinski definition) is 4. The summed E-state index contributed by atoms with van der Waals surface area (Å²) < 4.78 is 6.26. The quantitative estimate of drug-likeness (QED) is 0.198. The molecule has 0 spiro atoms. The Balaban J connectivity index is 1.44. The van der Waals surface area contributed by atoms with Gasteiger partial charge >= 0.3 is 5.97 Å². The zero-order valence-corrected chi connectivity index (χ0v) is 27.4. The summed E-state index contributed by atoms with van der Waals surface area (Å²) in [4.78, 5) is 30.4. The molecule has 2 N–H and O–H groups in total. The second kappa shape index (κ2) is 13.0. The van der Waals surface area contributed by atoms with Gasteiger partial charge in [-0.25, -0.2) is 4.98 Å². The summed E-state index contributed by atoms with van der Waals surface area (Å²) in [7, 11) is 0. The number of carboxylic acid groups (broad SMARTS) is 1. The van der Waals surface area contributed by atoms with Crippen molar-refractivity contribution in [3.63, 3.8) is 0 Å². The van der Waals surface area contributed by atoms with Crippen LogP contribution in [-0.2, 0) is 22.0 Å². The maximum atomic E-state index is 13.7. The van der Waals surface area contributed by atoms with Crippen LogP contribution in [0, 0.1) is 5.92 Å². The molecular formula is C39H46N2O4. The first-order valence-corrected chi connectivity index (χ1v) is 16.1. The number of aliphatic carboxylic acids is 1. The van der Waals surface area contributed by atoms with Crippen LogP contribution in [0.25, 0.3) is 10.8 Å². The van der Waals surface area contributed by atoms with Gasteiger partial charge in [-0.15, -0.1) is 0 Å². The van der Waals surface area contributed by atoms with Gasteiger partial charge in [0.1, 0.15) is 17.2 Å². The Kier molecular flexibility index (Phi) is 9.33. The van der Waals surface area contributed by atoms with E-state index in [4.69, 9.17) is 9.72 Å². The monoisotopic (exact) mass is 606 g/mol. The topological polar surface area (TPSA) is 88.5 Å². The van der Waals surface area contributed by atoms with E-state index in [0.29, 0.717) is 11.6 Å². The van der Waals surface area contributed by atoms with Crippen molar-refractivity contribution in [1.29, 1.82) is 0 Å². The largest absolute Gasteiger partial charge is 0.481 e. The van der Waals surface area contributed by atoms with Gasteiger partial charge in [0.2, 0.25) is 0 Å². The summed E-state index contributed by atoms with van der Waals surface area (Å²) in [6.45, 7) is 13.0. The fraction of sp³-hybridized carbons (Fsp3) is 0.410. The molecule has 1 heterocycles. The Morgan fingerprint density at radius 1 is 0.844 bits per heavy atom. The number of nitrogens with one attached hydrogen (secondary N) is 1. The Bertz CT molecular complexity index is 1660. The number of carbonyl (C=O) groups excluding carboxylic acids is 1. The third kappa shape index (κ3) is 8.10. The summed E-state index contributed by atoms with van der Waals surface area (Å²) in [5.74, 6) is 0.653. The highest BCUT2D eigenvalue weighted by Gasteiger charge is 2.24. The van der Waals surface area contributed by atoms with Crippen LogP contribution in [0.15, 0.2) is 72.8 Å². The van der Waals surface area contributed by atoms with E-state index >= 15 is 0 Å². The molecule has 1 unspecified atom stereocenters. The molecule has 1 saturated carbocycles. The van der Waals surface area contributed by atoms with E-state index in [1.807, 2.05) is 54.6 Å². The molecule has 1 fully saturated rings. The third-order valence-electron chi connectivity index (χ3n) is 8.89. The van der Waals surface area contributed by atoms with Gasteiger partial charge in [-0.05, 0) is 75.6 Å². The normalized spacial score (nSPS) is 14.8. The van der Waals surface area contributed by atoms with Crippen molar-refractivity contribution in [3.05, 3.63) is 101 Å². The smallest absolute Gasteiger partial charge is 0.305 e. The number of amides is 1. The van der Waals surface area contributed by atoms with Gasteiger partial charge in [-0.2, -0.15) is 0 Å². The van der Waals surface area contributed by atoms with Gasteiger partial charge in [0.05, 0.1) is 12.5 Å². The standard InChI is InChI=1S/C39H46N2O4/c1-38(2,3)28-14-11-26(12-15-28)33(24-36(42)43)41-37(44)35-22-27-13-18-31(45-30-19-16-29(17-20-30)39(4,5)6)23-32(27)34(40-35)21-25-9-7-8-10-25/h11-20,22-23,25,33H,7-10,21,24H2,1-6H3,(H,41,44)(H,42,43). The van der Waals surface area contributed by atoms with Crippen LogP contribution in [0.5, 0.6) is 11.5 Å². The predicted molar refractivity (Wildman–Crippen MR) is 180 cm³/mol. The molecule has 1 aromatic heterocycles. The number of fused-ring (bicyclic) bond motifs is 1. The molecular weight excluding hydrogens is 560 g/mol. The average molecular weight is 607 g/mol. The van der Waals surface area contributed by atoms with Crippen LogP contribution < -0.4 is 10.1 Å². The number of ether oxygens (including phenoxy) is 1. The van der Waals surface area contributed by atoms with Crippen LogP contribution in [-0.4, -0.2) is 22.0 Å². The molecule has 3 aromatic carbocycles. The van der Waals surface area contributed by atoms with Gasteiger partial charge in [0.15, 0.2) is 0 Å². The maximum Gasteiger partial charge on any atom is 0.305 e. The average Bonchev–Trinajstić information content (AvgIpc) is 3.49. The number of carboxylic acids is 1. The number of benzene rings is 3. The van der Waals surface area contributed by atoms with Gasteiger partial charge < -0.3 is 15.2 Å². The maximum absolute atomic E-state index is 13.7. The Hall–Kier alpha value is -4.19. The molecule has 45 heavy (non-hydrogen) atoms. The van der Waals surface area contributed by atoms with E-state index < -0.39 is 12.0 Å². The lowest BCUT2D eigenvalue weighted by Gasteiger charge is -2.22. The molecule has 5 rings (SSSR count). The van der Waals surface area contributed by atoms with Crippen LogP contribution in [0.4, 0.5) is 0 Å². The summed E-state index contributed by atoms with van der Waals surface area (Å²) in [6.07, 6.45) is 5.30. The van der Waals surface area contributed by atoms with E-state index in [-0.39, 0.29) is 23.2 Å². The van der Waals surface area contributed by atoms with Crippen LogP contribution >= 0.6 is 0 Å². The first-order chi connectivity index (χ1) is 21.3. The van der Waals surface area contributed by atoms with Crippen LogP contribution in [0.2, 0.25) is 0 Å². The molecule has 6 nitrogen and oxygen atoms in total. The molecule has 1 amide bonds. The van der Waals surface area contributed by atoms with Crippen molar-refractivity contribution in [3.8, 4) is 11.5 Å². The summed E-state index contributed by atoms with van der Waals surface area (Å²) in [5.41, 5.74) is 4.35. The Morgan fingerprint density at radius 2 is 1.42 bits per heavy atom. The summed E-state index contributed by atoms with van der Waals surface area (Å²) >= 11 is 0. The third-order valence-corrected chi connectivity index (χ3v) is 8.89. The molecule has 4 aromatic rings. The lowest BCUT2D eigenvalue weighted by molar-refractivity contribution is -0.137. The van der Waals surface area contributed by atoms with Crippen molar-refractivity contribution >= 4 is 22.6 Å². The molecule has 236 valence electrons. The minimum absolute atomic E-state index is 0.0312. The zero-order chi connectivity index (χ0) is 32.4. The highest BCUT2D eigenvalue weighted by Crippen LogP contribution is 2.34. The second-order valence-corrected chi connectivity index (χ2v) is 14.6. The molecule has 0 bridgehead atoms. The highest BCUT2D eigenvalue weighted by atomic mass is 16.5.